The fourth-order valence-corrected chi connectivity index (χ4v) is 3.63. The van der Waals surface area contributed by atoms with Crippen molar-refractivity contribution in [2.24, 2.45) is 5.92 Å². The molecule has 4 heteroatoms. The van der Waals surface area contributed by atoms with Crippen LogP contribution in [0.2, 0.25) is 0 Å². The molecular formula is C27H36O4. The molecule has 2 aromatic rings. The Labute approximate surface area is 187 Å². The second kappa shape index (κ2) is 11.1. The fourth-order valence-electron chi connectivity index (χ4n) is 3.63. The molecule has 1 unspecified atom stereocenters. The Bertz CT molecular complexity index is 882. The fraction of sp³-hybridized carbons (Fsp3) is 0.481. The van der Waals surface area contributed by atoms with Crippen LogP contribution in [0.5, 0.6) is 5.75 Å². The highest BCUT2D eigenvalue weighted by Gasteiger charge is 2.30. The Morgan fingerprint density at radius 2 is 1.48 bits per heavy atom. The second-order valence-electron chi connectivity index (χ2n) is 9.03. The molecule has 0 N–H and O–H groups in total. The molecule has 0 aliphatic heterocycles. The first-order chi connectivity index (χ1) is 14.6. The lowest BCUT2D eigenvalue weighted by atomic mass is 9.84. The van der Waals surface area contributed by atoms with Gasteiger partial charge < -0.3 is 9.47 Å². The van der Waals surface area contributed by atoms with Crippen molar-refractivity contribution < 1.29 is 19.1 Å². The van der Waals surface area contributed by atoms with E-state index in [9.17, 15) is 9.59 Å². The first-order valence-electron chi connectivity index (χ1n) is 11.3. The first-order valence-corrected chi connectivity index (χ1v) is 11.3. The number of ether oxygens (including phenoxy) is 2. The second-order valence-corrected chi connectivity index (χ2v) is 9.03. The van der Waals surface area contributed by atoms with E-state index in [-0.39, 0.29) is 23.7 Å². The Hall–Kier alpha value is -2.62. The Balaban J connectivity index is 2.69. The molecule has 2 rings (SSSR count). The molecule has 0 radical (unpaired) electrons. The molecule has 0 heterocycles. The molecule has 0 aliphatic rings. The quantitative estimate of drug-likeness (QED) is 0.326. The van der Waals surface area contributed by atoms with Gasteiger partial charge in [-0.15, -0.1) is 0 Å². The molecule has 168 valence electrons. The molecule has 0 aliphatic carbocycles. The van der Waals surface area contributed by atoms with Gasteiger partial charge in [0.1, 0.15) is 5.75 Å². The predicted octanol–water partition coefficient (Wildman–Crippen LogP) is 6.85. The summed E-state index contributed by atoms with van der Waals surface area (Å²) >= 11 is 0. The van der Waals surface area contributed by atoms with E-state index in [1.807, 2.05) is 31.2 Å². The van der Waals surface area contributed by atoms with Gasteiger partial charge in [-0.2, -0.15) is 0 Å². The Morgan fingerprint density at radius 1 is 0.871 bits per heavy atom. The first kappa shape index (κ1) is 24.6. The average Bonchev–Trinajstić information content (AvgIpc) is 2.72. The van der Waals surface area contributed by atoms with Gasteiger partial charge in [-0.25, -0.2) is 4.79 Å². The predicted molar refractivity (Wildman–Crippen MR) is 125 cm³/mol. The lowest BCUT2D eigenvalue weighted by Gasteiger charge is -2.25. The Kier molecular flexibility index (Phi) is 8.85. The van der Waals surface area contributed by atoms with E-state index < -0.39 is 11.9 Å². The summed E-state index contributed by atoms with van der Waals surface area (Å²) in [6, 6.07) is 13.1. The van der Waals surface area contributed by atoms with Crippen LogP contribution in [0, 0.1) is 5.92 Å². The molecule has 4 nitrogen and oxygen atoms in total. The standard InChI is InChI=1S/C27H36O4/c1-8-30-27(29)24(14-17(2)3)23-16-21(18(4)5)15-22(19(6)7)25(23)31-26(28)20-12-10-9-11-13-20/h9-13,15-19,24H,8,14H2,1-7H3. The van der Waals surface area contributed by atoms with Gasteiger partial charge in [0.05, 0.1) is 18.1 Å². The van der Waals surface area contributed by atoms with Gasteiger partial charge in [-0.1, -0.05) is 71.9 Å². The molecule has 0 saturated carbocycles. The summed E-state index contributed by atoms with van der Waals surface area (Å²) in [6.07, 6.45) is 0.619. The summed E-state index contributed by atoms with van der Waals surface area (Å²) in [4.78, 5) is 25.9. The van der Waals surface area contributed by atoms with Crippen molar-refractivity contribution in [3.8, 4) is 5.75 Å². The summed E-state index contributed by atoms with van der Waals surface area (Å²) in [5, 5.41) is 0. The molecule has 1 atom stereocenters. The third-order valence-corrected chi connectivity index (χ3v) is 5.32. The number of hydrogen-bond acceptors (Lipinski definition) is 4. The van der Waals surface area contributed by atoms with Crippen molar-refractivity contribution in [2.75, 3.05) is 6.61 Å². The number of esters is 2. The van der Waals surface area contributed by atoms with Crippen LogP contribution in [0.4, 0.5) is 0 Å². The van der Waals surface area contributed by atoms with E-state index in [1.165, 1.54) is 0 Å². The van der Waals surface area contributed by atoms with Gasteiger partial charge in [-0.05, 0) is 54.4 Å². The normalized spacial score (nSPS) is 12.3. The van der Waals surface area contributed by atoms with Crippen molar-refractivity contribution >= 4 is 11.9 Å². The minimum Gasteiger partial charge on any atom is -0.466 e. The maximum absolute atomic E-state index is 13.0. The van der Waals surface area contributed by atoms with E-state index in [0.717, 1.165) is 16.7 Å². The number of rotatable bonds is 9. The van der Waals surface area contributed by atoms with Gasteiger partial charge in [0, 0.05) is 5.56 Å². The van der Waals surface area contributed by atoms with Crippen LogP contribution in [0.1, 0.15) is 99.7 Å². The molecule has 0 bridgehead atoms. The molecule has 0 aromatic heterocycles. The van der Waals surface area contributed by atoms with Crippen LogP contribution in [0.15, 0.2) is 42.5 Å². The average molecular weight is 425 g/mol. The summed E-state index contributed by atoms with van der Waals surface area (Å²) in [6.45, 7) is 14.7. The zero-order valence-electron chi connectivity index (χ0n) is 19.9. The van der Waals surface area contributed by atoms with Crippen LogP contribution >= 0.6 is 0 Å². The molecule has 31 heavy (non-hydrogen) atoms. The van der Waals surface area contributed by atoms with E-state index >= 15 is 0 Å². The SMILES string of the molecule is CCOC(=O)C(CC(C)C)c1cc(C(C)C)cc(C(C)C)c1OC(=O)c1ccccc1. The van der Waals surface area contributed by atoms with Crippen molar-refractivity contribution in [3.05, 3.63) is 64.7 Å². The van der Waals surface area contributed by atoms with Crippen molar-refractivity contribution in [3.63, 3.8) is 0 Å². The number of benzene rings is 2. The highest BCUT2D eigenvalue weighted by Crippen LogP contribution is 2.40. The van der Waals surface area contributed by atoms with E-state index in [2.05, 4.69) is 47.6 Å². The van der Waals surface area contributed by atoms with E-state index in [0.29, 0.717) is 24.3 Å². The minimum absolute atomic E-state index is 0.123. The molecule has 0 saturated heterocycles. The summed E-state index contributed by atoms with van der Waals surface area (Å²) in [5.74, 6) is -0.0223. The molecular weight excluding hydrogens is 388 g/mol. The van der Waals surface area contributed by atoms with Gasteiger partial charge in [-0.3, -0.25) is 4.79 Å². The largest absolute Gasteiger partial charge is 0.466 e. The van der Waals surface area contributed by atoms with Crippen LogP contribution in [0.3, 0.4) is 0 Å². The summed E-state index contributed by atoms with van der Waals surface area (Å²) in [5.41, 5.74) is 3.28. The number of carbonyl (C=O) groups is 2. The number of carbonyl (C=O) groups excluding carboxylic acids is 2. The molecule has 0 fully saturated rings. The highest BCUT2D eigenvalue weighted by atomic mass is 16.5. The maximum atomic E-state index is 13.0. The minimum atomic E-state index is -0.491. The zero-order chi connectivity index (χ0) is 23.1. The van der Waals surface area contributed by atoms with Gasteiger partial charge in [0.25, 0.3) is 0 Å². The molecule has 0 amide bonds. The van der Waals surface area contributed by atoms with Crippen LogP contribution in [-0.4, -0.2) is 18.5 Å². The lowest BCUT2D eigenvalue weighted by Crippen LogP contribution is -2.21. The number of hydrogen-bond donors (Lipinski definition) is 0. The smallest absolute Gasteiger partial charge is 0.343 e. The molecule has 2 aromatic carbocycles. The van der Waals surface area contributed by atoms with Crippen molar-refractivity contribution in [2.45, 2.75) is 72.6 Å². The third-order valence-electron chi connectivity index (χ3n) is 5.32. The van der Waals surface area contributed by atoms with Crippen molar-refractivity contribution in [1.29, 1.82) is 0 Å². The van der Waals surface area contributed by atoms with E-state index in [1.54, 1.807) is 12.1 Å². The maximum Gasteiger partial charge on any atom is 0.343 e. The van der Waals surface area contributed by atoms with Crippen LogP contribution < -0.4 is 4.74 Å². The van der Waals surface area contributed by atoms with Gasteiger partial charge in [0.15, 0.2) is 0 Å². The Morgan fingerprint density at radius 3 is 2.00 bits per heavy atom. The van der Waals surface area contributed by atoms with E-state index in [4.69, 9.17) is 9.47 Å². The molecule has 0 spiro atoms. The summed E-state index contributed by atoms with van der Waals surface area (Å²) in [7, 11) is 0. The lowest BCUT2D eigenvalue weighted by molar-refractivity contribution is -0.145. The van der Waals surface area contributed by atoms with Crippen molar-refractivity contribution in [1.82, 2.24) is 0 Å². The van der Waals surface area contributed by atoms with Crippen LogP contribution in [-0.2, 0) is 9.53 Å². The van der Waals surface area contributed by atoms with Crippen LogP contribution in [0.25, 0.3) is 0 Å². The van der Waals surface area contributed by atoms with Gasteiger partial charge >= 0.3 is 11.9 Å². The third kappa shape index (κ3) is 6.43. The van der Waals surface area contributed by atoms with Gasteiger partial charge in [0.2, 0.25) is 0 Å². The zero-order valence-corrected chi connectivity index (χ0v) is 19.9. The topological polar surface area (TPSA) is 52.6 Å². The monoisotopic (exact) mass is 424 g/mol. The highest BCUT2D eigenvalue weighted by molar-refractivity contribution is 5.92. The summed E-state index contributed by atoms with van der Waals surface area (Å²) < 4.78 is 11.4.